The third-order valence-corrected chi connectivity index (χ3v) is 5.33. The molecular weight excluding hydrogens is 338 g/mol. The first-order chi connectivity index (χ1) is 12.0. The van der Waals surface area contributed by atoms with E-state index in [2.05, 4.69) is 9.71 Å². The minimum atomic E-state index is -3.73. The molecule has 1 unspecified atom stereocenters. The van der Waals surface area contributed by atoms with Crippen LogP contribution in [0, 0.1) is 0 Å². The summed E-state index contributed by atoms with van der Waals surface area (Å²) in [5.74, 6) is 1.21. The summed E-state index contributed by atoms with van der Waals surface area (Å²) in [5, 5.41) is 0. The van der Waals surface area contributed by atoms with E-state index in [1.807, 2.05) is 37.4 Å². The van der Waals surface area contributed by atoms with E-state index in [9.17, 15) is 8.42 Å². The Balaban J connectivity index is 1.98. The minimum absolute atomic E-state index is 0.170. The van der Waals surface area contributed by atoms with E-state index in [4.69, 9.17) is 4.74 Å². The molecule has 1 atom stereocenters. The van der Waals surface area contributed by atoms with Gasteiger partial charge in [-0.2, -0.15) is 4.72 Å². The van der Waals surface area contributed by atoms with Gasteiger partial charge in [0.05, 0.1) is 12.0 Å². The van der Waals surface area contributed by atoms with Crippen LogP contribution in [-0.4, -0.2) is 25.1 Å². The van der Waals surface area contributed by atoms with Gasteiger partial charge in [-0.05, 0) is 29.8 Å². The molecule has 0 saturated heterocycles. The van der Waals surface area contributed by atoms with Crippen LogP contribution in [0.1, 0.15) is 17.4 Å². The molecular formula is C18H19N3O3S. The van der Waals surface area contributed by atoms with Gasteiger partial charge in [-0.1, -0.05) is 30.3 Å². The molecule has 0 aliphatic heterocycles. The number of rotatable bonds is 6. The molecule has 130 valence electrons. The summed E-state index contributed by atoms with van der Waals surface area (Å²) in [6.45, 7) is 0. The molecule has 1 heterocycles. The topological polar surface area (TPSA) is 73.2 Å². The Kier molecular flexibility index (Phi) is 4.87. The van der Waals surface area contributed by atoms with Crippen molar-refractivity contribution in [1.29, 1.82) is 0 Å². The molecule has 0 bridgehead atoms. The number of ether oxygens (including phenoxy) is 1. The highest BCUT2D eigenvalue weighted by Gasteiger charge is 2.25. The van der Waals surface area contributed by atoms with E-state index in [1.54, 1.807) is 29.1 Å². The summed E-state index contributed by atoms with van der Waals surface area (Å²) < 4.78 is 35.3. The molecule has 0 aliphatic carbocycles. The molecule has 3 aromatic rings. The standard InChI is InChI=1S/C18H19N3O3S/c1-21-13-12-19-18(21)17(14-6-4-3-5-7-14)20-25(22,23)16-10-8-15(24-2)9-11-16/h3-13,17,20H,1-2H3. The lowest BCUT2D eigenvalue weighted by Crippen LogP contribution is -2.31. The molecule has 7 heteroatoms. The first-order valence-electron chi connectivity index (χ1n) is 7.70. The molecule has 3 rings (SSSR count). The van der Waals surface area contributed by atoms with E-state index >= 15 is 0 Å². The lowest BCUT2D eigenvalue weighted by Gasteiger charge is -2.19. The zero-order chi connectivity index (χ0) is 17.9. The van der Waals surface area contributed by atoms with Crippen LogP contribution in [0.25, 0.3) is 0 Å². The van der Waals surface area contributed by atoms with Crippen LogP contribution in [0.5, 0.6) is 5.75 Å². The number of aromatic nitrogens is 2. The third kappa shape index (κ3) is 3.72. The van der Waals surface area contributed by atoms with Gasteiger partial charge in [0.25, 0.3) is 0 Å². The zero-order valence-corrected chi connectivity index (χ0v) is 14.8. The maximum atomic E-state index is 12.8. The fourth-order valence-corrected chi connectivity index (χ4v) is 3.73. The fraction of sp³-hybridized carbons (Fsp3) is 0.167. The second-order valence-electron chi connectivity index (χ2n) is 5.54. The van der Waals surface area contributed by atoms with Crippen LogP contribution in [0.4, 0.5) is 0 Å². The summed E-state index contributed by atoms with van der Waals surface area (Å²) >= 11 is 0. The monoisotopic (exact) mass is 357 g/mol. The normalized spacial score (nSPS) is 12.7. The molecule has 2 aromatic carbocycles. The number of methoxy groups -OCH3 is 1. The van der Waals surface area contributed by atoms with Gasteiger partial charge in [0, 0.05) is 19.4 Å². The van der Waals surface area contributed by atoms with Gasteiger partial charge in [-0.25, -0.2) is 13.4 Å². The number of nitrogens with zero attached hydrogens (tertiary/aromatic N) is 2. The number of hydrogen-bond donors (Lipinski definition) is 1. The second-order valence-corrected chi connectivity index (χ2v) is 7.25. The molecule has 0 spiro atoms. The van der Waals surface area contributed by atoms with Crippen molar-refractivity contribution < 1.29 is 13.2 Å². The Morgan fingerprint density at radius 3 is 2.32 bits per heavy atom. The van der Waals surface area contributed by atoms with Crippen LogP contribution >= 0.6 is 0 Å². The number of imidazole rings is 1. The maximum absolute atomic E-state index is 12.8. The van der Waals surface area contributed by atoms with Crippen LogP contribution in [0.2, 0.25) is 0 Å². The van der Waals surface area contributed by atoms with Crippen LogP contribution in [-0.2, 0) is 17.1 Å². The average molecular weight is 357 g/mol. The number of nitrogens with one attached hydrogen (secondary N) is 1. The van der Waals surface area contributed by atoms with Gasteiger partial charge in [0.15, 0.2) is 0 Å². The van der Waals surface area contributed by atoms with Crippen molar-refractivity contribution >= 4 is 10.0 Å². The SMILES string of the molecule is COc1ccc(S(=O)(=O)NC(c2ccccc2)c2nccn2C)cc1. The van der Waals surface area contributed by atoms with E-state index < -0.39 is 16.1 Å². The molecule has 25 heavy (non-hydrogen) atoms. The second kappa shape index (κ2) is 7.08. The first-order valence-corrected chi connectivity index (χ1v) is 9.18. The average Bonchev–Trinajstić information content (AvgIpc) is 3.06. The summed E-state index contributed by atoms with van der Waals surface area (Å²) in [5.41, 5.74) is 0.814. The summed E-state index contributed by atoms with van der Waals surface area (Å²) in [6, 6.07) is 15.0. The number of aryl methyl sites for hydroxylation is 1. The largest absolute Gasteiger partial charge is 0.497 e. The number of hydrogen-bond acceptors (Lipinski definition) is 4. The Labute approximate surface area is 147 Å². The first kappa shape index (κ1) is 17.2. The van der Waals surface area contributed by atoms with Gasteiger partial charge in [0.2, 0.25) is 10.0 Å². The Morgan fingerprint density at radius 1 is 1.08 bits per heavy atom. The fourth-order valence-electron chi connectivity index (χ4n) is 2.55. The molecule has 0 aliphatic rings. The van der Waals surface area contributed by atoms with Crippen molar-refractivity contribution in [2.24, 2.45) is 7.05 Å². The van der Waals surface area contributed by atoms with E-state index in [0.717, 1.165) is 5.56 Å². The zero-order valence-electron chi connectivity index (χ0n) is 14.0. The molecule has 0 amide bonds. The van der Waals surface area contributed by atoms with Crippen molar-refractivity contribution in [3.8, 4) is 5.75 Å². The highest BCUT2D eigenvalue weighted by atomic mass is 32.2. The summed E-state index contributed by atoms with van der Waals surface area (Å²) in [4.78, 5) is 4.48. The van der Waals surface area contributed by atoms with Gasteiger partial charge in [0.1, 0.15) is 17.6 Å². The van der Waals surface area contributed by atoms with Crippen molar-refractivity contribution in [2.75, 3.05) is 7.11 Å². The highest BCUT2D eigenvalue weighted by molar-refractivity contribution is 7.89. The van der Waals surface area contributed by atoms with E-state index in [1.165, 1.54) is 19.2 Å². The molecule has 1 aromatic heterocycles. The van der Waals surface area contributed by atoms with Gasteiger partial charge in [-0.15, -0.1) is 0 Å². The Hall–Kier alpha value is -2.64. The molecule has 0 fully saturated rings. The van der Waals surface area contributed by atoms with Crippen molar-refractivity contribution in [3.05, 3.63) is 78.4 Å². The van der Waals surface area contributed by atoms with E-state index in [0.29, 0.717) is 11.6 Å². The highest BCUT2D eigenvalue weighted by Crippen LogP contribution is 2.24. The lowest BCUT2D eigenvalue weighted by atomic mass is 10.1. The predicted molar refractivity (Wildman–Crippen MR) is 94.8 cm³/mol. The molecule has 6 nitrogen and oxygen atoms in total. The minimum Gasteiger partial charge on any atom is -0.497 e. The quantitative estimate of drug-likeness (QED) is 0.736. The van der Waals surface area contributed by atoms with E-state index in [-0.39, 0.29) is 4.90 Å². The van der Waals surface area contributed by atoms with Crippen molar-refractivity contribution in [3.63, 3.8) is 0 Å². The Bertz CT molecular complexity index is 935. The Morgan fingerprint density at radius 2 is 1.76 bits per heavy atom. The smallest absolute Gasteiger partial charge is 0.241 e. The van der Waals surface area contributed by atoms with Crippen molar-refractivity contribution in [1.82, 2.24) is 14.3 Å². The number of sulfonamides is 1. The number of benzene rings is 2. The predicted octanol–water partition coefficient (Wildman–Crippen LogP) is 2.50. The van der Waals surface area contributed by atoms with Gasteiger partial charge in [-0.3, -0.25) is 0 Å². The lowest BCUT2D eigenvalue weighted by molar-refractivity contribution is 0.414. The van der Waals surface area contributed by atoms with Gasteiger partial charge >= 0.3 is 0 Å². The molecule has 0 radical (unpaired) electrons. The van der Waals surface area contributed by atoms with Crippen LogP contribution in [0.3, 0.4) is 0 Å². The van der Waals surface area contributed by atoms with Crippen LogP contribution < -0.4 is 9.46 Å². The van der Waals surface area contributed by atoms with Gasteiger partial charge < -0.3 is 9.30 Å². The summed E-state index contributed by atoms with van der Waals surface area (Å²) in [7, 11) is -0.365. The third-order valence-electron chi connectivity index (χ3n) is 3.89. The summed E-state index contributed by atoms with van der Waals surface area (Å²) in [6.07, 6.45) is 3.43. The molecule has 1 N–H and O–H groups in total. The van der Waals surface area contributed by atoms with Crippen molar-refractivity contribution in [2.45, 2.75) is 10.9 Å². The maximum Gasteiger partial charge on any atom is 0.241 e. The van der Waals surface area contributed by atoms with Crippen LogP contribution in [0.15, 0.2) is 71.9 Å². The molecule has 0 saturated carbocycles.